The molecule has 0 N–H and O–H groups in total. The lowest BCUT2D eigenvalue weighted by atomic mass is 10.1. The number of carbonyl (C=O) groups excluding carboxylic acids is 1. The molecule has 2 aromatic carbocycles. The molecule has 0 atom stereocenters. The largest absolute Gasteiger partial charge is 0.490 e. The minimum atomic E-state index is -0.0690. The number of hydrogen-bond acceptors (Lipinski definition) is 5. The highest BCUT2D eigenvalue weighted by Crippen LogP contribution is 2.40. The van der Waals surface area contributed by atoms with Crippen LogP contribution in [-0.4, -0.2) is 28.3 Å². The summed E-state index contributed by atoms with van der Waals surface area (Å²) in [5.74, 6) is 1.39. The van der Waals surface area contributed by atoms with Gasteiger partial charge in [0.2, 0.25) is 0 Å². The van der Waals surface area contributed by atoms with Gasteiger partial charge in [0, 0.05) is 22.2 Å². The minimum Gasteiger partial charge on any atom is -0.490 e. The van der Waals surface area contributed by atoms with Crippen molar-refractivity contribution in [1.82, 2.24) is 4.90 Å². The summed E-state index contributed by atoms with van der Waals surface area (Å²) in [4.78, 5) is 15.0. The predicted octanol–water partition coefficient (Wildman–Crippen LogP) is 7.59. The fourth-order valence-electron chi connectivity index (χ4n) is 3.04. The van der Waals surface area contributed by atoms with Crippen molar-refractivity contribution in [2.45, 2.75) is 27.4 Å². The number of hydrogen-bond donors (Lipinski definition) is 0. The maximum atomic E-state index is 12.8. The molecule has 0 spiro atoms. The van der Waals surface area contributed by atoms with E-state index in [0.717, 1.165) is 11.1 Å². The quantitative estimate of drug-likeness (QED) is 0.240. The van der Waals surface area contributed by atoms with Crippen molar-refractivity contribution in [1.29, 1.82) is 0 Å². The summed E-state index contributed by atoms with van der Waals surface area (Å²) in [7, 11) is 0. The van der Waals surface area contributed by atoms with Gasteiger partial charge < -0.3 is 9.47 Å². The standard InChI is InChI=1S/C23H22BrCl2NO3S2/c1-4-29-19-8-14(9-20-22(28)27(11-13(2)3)23(31)32-20)7-17(24)21(19)30-12-15-5-6-16(25)10-18(15)26/h5-10,13H,4,11-12H2,1-3H3/b20-9-. The Morgan fingerprint density at radius 2 is 1.97 bits per heavy atom. The number of benzene rings is 2. The summed E-state index contributed by atoms with van der Waals surface area (Å²) in [5, 5.41) is 1.10. The molecular weight excluding hydrogens is 553 g/mol. The maximum Gasteiger partial charge on any atom is 0.266 e. The molecule has 1 aliphatic rings. The minimum absolute atomic E-state index is 0.0690. The van der Waals surface area contributed by atoms with E-state index in [0.29, 0.717) is 54.3 Å². The van der Waals surface area contributed by atoms with Gasteiger partial charge in [0.15, 0.2) is 11.5 Å². The zero-order valence-electron chi connectivity index (χ0n) is 17.8. The summed E-state index contributed by atoms with van der Waals surface area (Å²) >= 11 is 22.5. The first kappa shape index (κ1) is 25.4. The Morgan fingerprint density at radius 3 is 2.62 bits per heavy atom. The van der Waals surface area contributed by atoms with Crippen LogP contribution in [0.1, 0.15) is 31.9 Å². The number of amides is 1. The first-order chi connectivity index (χ1) is 15.2. The molecule has 170 valence electrons. The van der Waals surface area contributed by atoms with E-state index in [1.165, 1.54) is 11.8 Å². The number of thioether (sulfide) groups is 1. The zero-order valence-corrected chi connectivity index (χ0v) is 22.5. The molecule has 1 aliphatic heterocycles. The van der Waals surface area contributed by atoms with Gasteiger partial charge in [-0.15, -0.1) is 0 Å². The third kappa shape index (κ3) is 6.20. The van der Waals surface area contributed by atoms with Crippen LogP contribution in [0.5, 0.6) is 11.5 Å². The molecule has 4 nitrogen and oxygen atoms in total. The number of halogens is 3. The number of carbonyl (C=O) groups is 1. The predicted molar refractivity (Wildman–Crippen MR) is 141 cm³/mol. The number of thiocarbonyl (C=S) groups is 1. The van der Waals surface area contributed by atoms with Crippen molar-refractivity contribution in [3.8, 4) is 11.5 Å². The highest BCUT2D eigenvalue weighted by molar-refractivity contribution is 9.10. The molecule has 2 aromatic rings. The molecule has 9 heteroatoms. The molecule has 1 saturated heterocycles. The fraction of sp³-hybridized carbons (Fsp3) is 0.304. The van der Waals surface area contributed by atoms with Gasteiger partial charge in [-0.3, -0.25) is 9.69 Å². The van der Waals surface area contributed by atoms with Crippen LogP contribution in [-0.2, 0) is 11.4 Å². The van der Waals surface area contributed by atoms with E-state index in [9.17, 15) is 4.79 Å². The number of nitrogens with zero attached hydrogens (tertiary/aromatic N) is 1. The Bertz CT molecular complexity index is 1080. The normalized spacial score (nSPS) is 15.2. The molecule has 0 aliphatic carbocycles. The molecule has 3 rings (SSSR count). The third-order valence-corrected chi connectivity index (χ3v) is 6.99. The Hall–Kier alpha value is -1.25. The van der Waals surface area contributed by atoms with Crippen molar-refractivity contribution in [3.05, 3.63) is 60.9 Å². The topological polar surface area (TPSA) is 38.8 Å². The van der Waals surface area contributed by atoms with Crippen LogP contribution in [0, 0.1) is 5.92 Å². The number of rotatable bonds is 8. The lowest BCUT2D eigenvalue weighted by molar-refractivity contribution is -0.122. The lowest BCUT2D eigenvalue weighted by Crippen LogP contribution is -2.31. The van der Waals surface area contributed by atoms with Crippen LogP contribution in [0.4, 0.5) is 0 Å². The van der Waals surface area contributed by atoms with E-state index in [1.807, 2.05) is 31.2 Å². The highest BCUT2D eigenvalue weighted by Gasteiger charge is 2.32. The van der Waals surface area contributed by atoms with Crippen molar-refractivity contribution < 1.29 is 14.3 Å². The van der Waals surface area contributed by atoms with Gasteiger partial charge in [-0.25, -0.2) is 0 Å². The summed E-state index contributed by atoms with van der Waals surface area (Å²) in [6, 6.07) is 9.01. The Balaban J connectivity index is 1.86. The van der Waals surface area contributed by atoms with Gasteiger partial charge in [-0.05, 0) is 64.7 Å². The van der Waals surface area contributed by atoms with Gasteiger partial charge in [-0.1, -0.05) is 67.1 Å². The third-order valence-electron chi connectivity index (χ3n) is 4.44. The zero-order chi connectivity index (χ0) is 23.4. The molecule has 1 amide bonds. The molecule has 0 aromatic heterocycles. The maximum absolute atomic E-state index is 12.8. The van der Waals surface area contributed by atoms with E-state index in [2.05, 4.69) is 29.8 Å². The summed E-state index contributed by atoms with van der Waals surface area (Å²) < 4.78 is 13.1. The first-order valence-corrected chi connectivity index (χ1v) is 12.7. The van der Waals surface area contributed by atoms with E-state index in [4.69, 9.17) is 44.9 Å². The van der Waals surface area contributed by atoms with Gasteiger partial charge in [-0.2, -0.15) is 0 Å². The molecule has 1 fully saturated rings. The molecule has 32 heavy (non-hydrogen) atoms. The Kier molecular flexibility index (Phi) is 8.92. The van der Waals surface area contributed by atoms with E-state index < -0.39 is 0 Å². The lowest BCUT2D eigenvalue weighted by Gasteiger charge is -2.16. The second-order valence-electron chi connectivity index (χ2n) is 7.47. The van der Waals surface area contributed by atoms with Crippen LogP contribution in [0.15, 0.2) is 39.7 Å². The van der Waals surface area contributed by atoms with Crippen LogP contribution in [0.3, 0.4) is 0 Å². The van der Waals surface area contributed by atoms with Crippen molar-refractivity contribution in [2.24, 2.45) is 5.92 Å². The summed E-state index contributed by atoms with van der Waals surface area (Å²) in [6.45, 7) is 7.34. The number of ether oxygens (including phenoxy) is 2. The van der Waals surface area contributed by atoms with E-state index >= 15 is 0 Å². The van der Waals surface area contributed by atoms with Crippen molar-refractivity contribution in [3.63, 3.8) is 0 Å². The second kappa shape index (κ2) is 11.3. The van der Waals surface area contributed by atoms with Crippen LogP contribution in [0.2, 0.25) is 10.0 Å². The molecule has 0 unspecified atom stereocenters. The first-order valence-electron chi connectivity index (χ1n) is 9.98. The monoisotopic (exact) mass is 573 g/mol. The smallest absolute Gasteiger partial charge is 0.266 e. The van der Waals surface area contributed by atoms with Crippen LogP contribution in [0.25, 0.3) is 6.08 Å². The Labute approximate surface area is 216 Å². The van der Waals surface area contributed by atoms with Crippen molar-refractivity contribution in [2.75, 3.05) is 13.2 Å². The average molecular weight is 575 g/mol. The van der Waals surface area contributed by atoms with Gasteiger partial charge in [0.1, 0.15) is 10.9 Å². The Morgan fingerprint density at radius 1 is 1.22 bits per heavy atom. The highest BCUT2D eigenvalue weighted by atomic mass is 79.9. The van der Waals surface area contributed by atoms with Crippen LogP contribution >= 0.6 is 63.1 Å². The second-order valence-corrected chi connectivity index (χ2v) is 10.8. The summed E-state index contributed by atoms with van der Waals surface area (Å²) in [5.41, 5.74) is 1.62. The van der Waals surface area contributed by atoms with E-state index in [1.54, 1.807) is 17.0 Å². The van der Waals surface area contributed by atoms with Gasteiger partial charge >= 0.3 is 0 Å². The summed E-state index contributed by atoms with van der Waals surface area (Å²) in [6.07, 6.45) is 1.83. The average Bonchev–Trinajstić information content (AvgIpc) is 2.96. The molecule has 0 saturated carbocycles. The van der Waals surface area contributed by atoms with Crippen molar-refractivity contribution >= 4 is 79.4 Å². The van der Waals surface area contributed by atoms with Gasteiger partial charge in [0.25, 0.3) is 5.91 Å². The van der Waals surface area contributed by atoms with E-state index in [-0.39, 0.29) is 12.5 Å². The SMILES string of the molecule is CCOc1cc(/C=C2\SC(=S)N(CC(C)C)C2=O)cc(Br)c1OCc1ccc(Cl)cc1Cl. The molecule has 1 heterocycles. The molecule has 0 radical (unpaired) electrons. The molecular formula is C23H22BrCl2NO3S2. The van der Waals surface area contributed by atoms with Crippen LogP contribution < -0.4 is 9.47 Å². The fourth-order valence-corrected chi connectivity index (χ4v) is 5.35. The van der Waals surface area contributed by atoms with Gasteiger partial charge in [0.05, 0.1) is 16.0 Å². The molecule has 0 bridgehead atoms.